The number of sulfonamides is 1. The first-order valence-corrected chi connectivity index (χ1v) is 8.40. The summed E-state index contributed by atoms with van der Waals surface area (Å²) < 4.78 is 30.8. The van der Waals surface area contributed by atoms with Crippen LogP contribution in [0.2, 0.25) is 0 Å². The molecule has 1 aromatic rings. The van der Waals surface area contributed by atoms with Gasteiger partial charge in [0, 0.05) is 11.6 Å². The number of hydrogen-bond acceptors (Lipinski definition) is 4. The molecular formula is C13H18ClNO4S. The van der Waals surface area contributed by atoms with Gasteiger partial charge in [0.05, 0.1) is 17.4 Å². The van der Waals surface area contributed by atoms with Crippen molar-refractivity contribution < 1.29 is 17.9 Å². The van der Waals surface area contributed by atoms with Crippen molar-refractivity contribution in [2.45, 2.75) is 26.4 Å². The normalized spacial score (nSPS) is 11.4. The molecule has 112 valence electrons. The highest BCUT2D eigenvalue weighted by molar-refractivity contribution is 7.92. The van der Waals surface area contributed by atoms with E-state index in [9.17, 15) is 13.2 Å². The zero-order valence-electron chi connectivity index (χ0n) is 11.4. The number of alkyl halides is 1. The molecule has 0 fully saturated rings. The Kier molecular flexibility index (Phi) is 6.29. The molecule has 0 bridgehead atoms. The molecule has 0 unspecified atom stereocenters. The Morgan fingerprint density at radius 3 is 2.40 bits per heavy atom. The minimum atomic E-state index is -3.40. The number of esters is 1. The lowest BCUT2D eigenvalue weighted by molar-refractivity contribution is 0.0378. The van der Waals surface area contributed by atoms with E-state index in [1.54, 1.807) is 13.8 Å². The van der Waals surface area contributed by atoms with Crippen LogP contribution < -0.4 is 4.72 Å². The fourth-order valence-electron chi connectivity index (χ4n) is 1.43. The number of nitrogens with one attached hydrogen (secondary N) is 1. The number of ether oxygens (including phenoxy) is 1. The van der Waals surface area contributed by atoms with E-state index in [-0.39, 0.29) is 11.9 Å². The lowest BCUT2D eigenvalue weighted by atomic mass is 10.2. The van der Waals surface area contributed by atoms with E-state index in [4.69, 9.17) is 16.3 Å². The van der Waals surface area contributed by atoms with E-state index in [1.807, 2.05) is 0 Å². The van der Waals surface area contributed by atoms with Gasteiger partial charge in [-0.05, 0) is 44.5 Å². The first-order valence-electron chi connectivity index (χ1n) is 6.21. The van der Waals surface area contributed by atoms with Gasteiger partial charge in [-0.2, -0.15) is 0 Å². The zero-order chi connectivity index (χ0) is 15.2. The van der Waals surface area contributed by atoms with Gasteiger partial charge in [0.1, 0.15) is 0 Å². The number of benzene rings is 1. The van der Waals surface area contributed by atoms with E-state index >= 15 is 0 Å². The Hall–Kier alpha value is -1.27. The number of carbonyl (C=O) groups is 1. The number of anilines is 1. The van der Waals surface area contributed by atoms with Gasteiger partial charge in [0.25, 0.3) is 0 Å². The van der Waals surface area contributed by atoms with E-state index in [2.05, 4.69) is 4.72 Å². The van der Waals surface area contributed by atoms with Gasteiger partial charge in [-0.15, -0.1) is 11.6 Å². The summed E-state index contributed by atoms with van der Waals surface area (Å²) in [5.41, 5.74) is 0.781. The van der Waals surface area contributed by atoms with Crippen molar-refractivity contribution in [1.82, 2.24) is 0 Å². The molecule has 0 spiro atoms. The molecule has 0 aliphatic carbocycles. The zero-order valence-corrected chi connectivity index (χ0v) is 13.0. The second-order valence-electron chi connectivity index (χ2n) is 4.49. The third-order valence-corrected chi connectivity index (χ3v) is 3.92. The summed E-state index contributed by atoms with van der Waals surface area (Å²) in [6.45, 7) is 3.52. The summed E-state index contributed by atoms with van der Waals surface area (Å²) in [5, 5.41) is 0. The Balaban J connectivity index is 2.70. The predicted molar refractivity (Wildman–Crippen MR) is 79.7 cm³/mol. The molecule has 0 radical (unpaired) electrons. The van der Waals surface area contributed by atoms with Crippen LogP contribution >= 0.6 is 11.6 Å². The molecule has 0 saturated heterocycles. The Bertz CT molecular complexity index is 540. The maximum absolute atomic E-state index is 11.7. The van der Waals surface area contributed by atoms with Crippen LogP contribution in [-0.4, -0.2) is 32.1 Å². The second-order valence-corrected chi connectivity index (χ2v) is 6.71. The van der Waals surface area contributed by atoms with Gasteiger partial charge in [-0.25, -0.2) is 13.2 Å². The van der Waals surface area contributed by atoms with E-state index in [1.165, 1.54) is 24.3 Å². The highest BCUT2D eigenvalue weighted by atomic mass is 35.5. The van der Waals surface area contributed by atoms with Crippen molar-refractivity contribution in [3.05, 3.63) is 29.8 Å². The van der Waals surface area contributed by atoms with Crippen molar-refractivity contribution in [2.75, 3.05) is 16.4 Å². The van der Waals surface area contributed by atoms with Crippen molar-refractivity contribution in [2.24, 2.45) is 0 Å². The summed E-state index contributed by atoms with van der Waals surface area (Å²) in [7, 11) is -3.40. The highest BCUT2D eigenvalue weighted by Crippen LogP contribution is 2.13. The van der Waals surface area contributed by atoms with Gasteiger partial charge in [0.2, 0.25) is 10.0 Å². The predicted octanol–water partition coefficient (Wildman–Crippen LogP) is 2.62. The van der Waals surface area contributed by atoms with E-state index in [0.717, 1.165) is 0 Å². The van der Waals surface area contributed by atoms with Crippen LogP contribution in [0, 0.1) is 0 Å². The first-order chi connectivity index (χ1) is 9.34. The van der Waals surface area contributed by atoms with Crippen LogP contribution in [-0.2, 0) is 14.8 Å². The number of halogens is 1. The molecular weight excluding hydrogens is 302 g/mol. The third kappa shape index (κ3) is 5.79. The Labute approximate surface area is 124 Å². The minimum absolute atomic E-state index is 0.0341. The number of hydrogen-bond donors (Lipinski definition) is 1. The maximum atomic E-state index is 11.7. The van der Waals surface area contributed by atoms with Gasteiger partial charge >= 0.3 is 5.97 Å². The topological polar surface area (TPSA) is 72.5 Å². The highest BCUT2D eigenvalue weighted by Gasteiger charge is 2.12. The number of carbonyl (C=O) groups excluding carboxylic acids is 1. The Morgan fingerprint density at radius 1 is 1.30 bits per heavy atom. The van der Waals surface area contributed by atoms with E-state index < -0.39 is 16.0 Å². The quantitative estimate of drug-likeness (QED) is 0.619. The molecule has 0 aliphatic rings. The lowest BCUT2D eigenvalue weighted by Crippen LogP contribution is -2.17. The van der Waals surface area contributed by atoms with Crippen LogP contribution in [0.1, 0.15) is 30.6 Å². The van der Waals surface area contributed by atoms with Crippen LogP contribution in [0.3, 0.4) is 0 Å². The monoisotopic (exact) mass is 319 g/mol. The van der Waals surface area contributed by atoms with Gasteiger partial charge in [-0.3, -0.25) is 4.72 Å². The van der Waals surface area contributed by atoms with E-state index in [0.29, 0.717) is 23.6 Å². The van der Waals surface area contributed by atoms with Crippen molar-refractivity contribution in [1.29, 1.82) is 0 Å². The van der Waals surface area contributed by atoms with Crippen molar-refractivity contribution >= 4 is 33.3 Å². The molecule has 1 N–H and O–H groups in total. The SMILES string of the molecule is CC(C)OC(=O)c1ccc(NS(=O)(=O)CCCCl)cc1. The van der Waals surface area contributed by atoms with Crippen molar-refractivity contribution in [3.8, 4) is 0 Å². The summed E-state index contributed by atoms with van der Waals surface area (Å²) >= 11 is 5.46. The fourth-order valence-corrected chi connectivity index (χ4v) is 2.85. The molecule has 20 heavy (non-hydrogen) atoms. The van der Waals surface area contributed by atoms with Gasteiger partial charge in [-0.1, -0.05) is 0 Å². The molecule has 0 atom stereocenters. The van der Waals surface area contributed by atoms with Crippen LogP contribution in [0.15, 0.2) is 24.3 Å². The third-order valence-electron chi connectivity index (χ3n) is 2.28. The van der Waals surface area contributed by atoms with Crippen molar-refractivity contribution in [3.63, 3.8) is 0 Å². The average Bonchev–Trinajstić information content (AvgIpc) is 2.36. The molecule has 0 aliphatic heterocycles. The van der Waals surface area contributed by atoms with Crippen LogP contribution in [0.4, 0.5) is 5.69 Å². The maximum Gasteiger partial charge on any atom is 0.338 e. The summed E-state index contributed by atoms with van der Waals surface area (Å²) in [5.74, 6) is -0.175. The summed E-state index contributed by atoms with van der Waals surface area (Å²) in [6.07, 6.45) is 0.187. The molecule has 0 amide bonds. The molecule has 0 heterocycles. The Morgan fingerprint density at radius 2 is 1.90 bits per heavy atom. The molecule has 7 heteroatoms. The fraction of sp³-hybridized carbons (Fsp3) is 0.462. The summed E-state index contributed by atoms with van der Waals surface area (Å²) in [4.78, 5) is 11.6. The van der Waals surface area contributed by atoms with Crippen LogP contribution in [0.5, 0.6) is 0 Å². The average molecular weight is 320 g/mol. The standard InChI is InChI=1S/C13H18ClNO4S/c1-10(2)19-13(16)11-4-6-12(7-5-11)15-20(17,18)9-3-8-14/h4-7,10,15H,3,8-9H2,1-2H3. The first kappa shape index (κ1) is 16.8. The molecule has 1 rings (SSSR count). The lowest BCUT2D eigenvalue weighted by Gasteiger charge is -2.09. The number of rotatable bonds is 7. The largest absolute Gasteiger partial charge is 0.459 e. The van der Waals surface area contributed by atoms with Crippen LogP contribution in [0.25, 0.3) is 0 Å². The van der Waals surface area contributed by atoms with Gasteiger partial charge in [0.15, 0.2) is 0 Å². The molecule has 1 aromatic carbocycles. The molecule has 0 saturated carbocycles. The second kappa shape index (κ2) is 7.50. The molecule has 0 aromatic heterocycles. The molecule has 5 nitrogen and oxygen atoms in total. The minimum Gasteiger partial charge on any atom is -0.459 e. The smallest absolute Gasteiger partial charge is 0.338 e. The van der Waals surface area contributed by atoms with Gasteiger partial charge < -0.3 is 4.74 Å². The summed E-state index contributed by atoms with van der Waals surface area (Å²) in [6, 6.07) is 6.08.